The van der Waals surface area contributed by atoms with Crippen LogP contribution in [0.25, 0.3) is 5.69 Å². The molecule has 0 saturated heterocycles. The highest BCUT2D eigenvalue weighted by atomic mass is 16.5. The van der Waals surface area contributed by atoms with Gasteiger partial charge >= 0.3 is 0 Å². The number of carbonyl (C=O) groups is 1. The van der Waals surface area contributed by atoms with Crippen LogP contribution in [0.3, 0.4) is 0 Å². The Bertz CT molecular complexity index is 949. The molecular formula is C18H18N6O2. The predicted molar refractivity (Wildman–Crippen MR) is 95.3 cm³/mol. The Balaban J connectivity index is 1.75. The zero-order valence-corrected chi connectivity index (χ0v) is 14.5. The minimum absolute atomic E-state index is 0.284. The molecule has 0 aliphatic heterocycles. The van der Waals surface area contributed by atoms with E-state index in [9.17, 15) is 4.79 Å². The highest BCUT2D eigenvalue weighted by Crippen LogP contribution is 2.16. The van der Waals surface area contributed by atoms with Crippen molar-refractivity contribution in [1.29, 1.82) is 5.26 Å². The summed E-state index contributed by atoms with van der Waals surface area (Å²) in [6.45, 7) is 2.25. The van der Waals surface area contributed by atoms with Crippen molar-refractivity contribution in [2.75, 3.05) is 12.4 Å². The van der Waals surface area contributed by atoms with Crippen LogP contribution in [0.4, 0.5) is 5.82 Å². The topological polar surface area (TPSA) is 97.8 Å². The minimum atomic E-state index is -0.338. The van der Waals surface area contributed by atoms with Crippen LogP contribution in [0.5, 0.6) is 5.75 Å². The van der Waals surface area contributed by atoms with Gasteiger partial charge in [-0.2, -0.15) is 15.5 Å². The number of aryl methyl sites for hydroxylation is 2. The van der Waals surface area contributed by atoms with Crippen molar-refractivity contribution < 1.29 is 9.53 Å². The molecular weight excluding hydrogens is 332 g/mol. The lowest BCUT2D eigenvalue weighted by molar-refractivity contribution is 0.102. The number of aromatic nitrogens is 4. The number of nitrogens with one attached hydrogen (secondary N) is 1. The monoisotopic (exact) mass is 350 g/mol. The van der Waals surface area contributed by atoms with Gasteiger partial charge < -0.3 is 10.1 Å². The summed E-state index contributed by atoms with van der Waals surface area (Å²) in [5.74, 6) is 0.956. The van der Waals surface area contributed by atoms with Crippen molar-refractivity contribution in [2.45, 2.75) is 19.9 Å². The summed E-state index contributed by atoms with van der Waals surface area (Å²) in [6.07, 6.45) is 2.03. The van der Waals surface area contributed by atoms with E-state index in [1.54, 1.807) is 34.8 Å². The molecule has 1 N–H and O–H groups in total. The number of rotatable bonds is 6. The smallest absolute Gasteiger partial charge is 0.277 e. The number of nitriles is 1. The number of nitrogens with zero attached hydrogens (tertiary/aromatic N) is 5. The molecule has 0 spiro atoms. The Hall–Kier alpha value is -3.60. The van der Waals surface area contributed by atoms with Gasteiger partial charge in [-0.05, 0) is 37.3 Å². The maximum absolute atomic E-state index is 12.5. The summed E-state index contributed by atoms with van der Waals surface area (Å²) in [5, 5.41) is 20.1. The minimum Gasteiger partial charge on any atom is -0.497 e. The fraction of sp³-hybridized carbons (Fsp3) is 0.222. The van der Waals surface area contributed by atoms with E-state index in [0.717, 1.165) is 17.1 Å². The molecule has 0 radical (unpaired) electrons. The third kappa shape index (κ3) is 3.72. The Morgan fingerprint density at radius 3 is 2.73 bits per heavy atom. The number of amides is 1. The van der Waals surface area contributed by atoms with Crippen LogP contribution in [-0.2, 0) is 6.54 Å². The van der Waals surface area contributed by atoms with E-state index in [1.165, 1.54) is 0 Å². The van der Waals surface area contributed by atoms with Crippen molar-refractivity contribution in [3.63, 3.8) is 0 Å². The summed E-state index contributed by atoms with van der Waals surface area (Å²) >= 11 is 0. The van der Waals surface area contributed by atoms with Crippen molar-refractivity contribution in [1.82, 2.24) is 19.6 Å². The fourth-order valence-corrected chi connectivity index (χ4v) is 2.48. The maximum Gasteiger partial charge on any atom is 0.277 e. The average Bonchev–Trinajstić information content (AvgIpc) is 3.27. The molecule has 3 rings (SSSR count). The zero-order chi connectivity index (χ0) is 18.5. The van der Waals surface area contributed by atoms with Gasteiger partial charge in [-0.1, -0.05) is 0 Å². The Morgan fingerprint density at radius 2 is 2.04 bits per heavy atom. The number of benzene rings is 1. The molecule has 1 aromatic carbocycles. The second-order valence-electron chi connectivity index (χ2n) is 5.60. The quantitative estimate of drug-likeness (QED) is 0.737. The normalized spacial score (nSPS) is 10.3. The van der Waals surface area contributed by atoms with Crippen molar-refractivity contribution in [3.8, 4) is 17.5 Å². The standard InChI is InChI=1S/C18H18N6O2/c1-13-12-17(24(21-13)10-3-9-19)20-18(25)16-8-11-23(22-16)14-4-6-15(26-2)7-5-14/h4-8,11-12H,3,10H2,1-2H3,(H,20,25). The molecule has 0 unspecified atom stereocenters. The number of methoxy groups -OCH3 is 1. The zero-order valence-electron chi connectivity index (χ0n) is 14.5. The predicted octanol–water partition coefficient (Wildman–Crippen LogP) is 2.55. The SMILES string of the molecule is COc1ccc(-n2ccc(C(=O)Nc3cc(C)nn3CCC#N)n2)cc1. The molecule has 8 nitrogen and oxygen atoms in total. The molecule has 2 heterocycles. The van der Waals surface area contributed by atoms with Gasteiger partial charge in [-0.15, -0.1) is 0 Å². The van der Waals surface area contributed by atoms with Gasteiger partial charge in [0.25, 0.3) is 5.91 Å². The Labute approximate surface area is 150 Å². The lowest BCUT2D eigenvalue weighted by Crippen LogP contribution is -2.16. The Morgan fingerprint density at radius 1 is 1.27 bits per heavy atom. The lowest BCUT2D eigenvalue weighted by atomic mass is 10.3. The van der Waals surface area contributed by atoms with Crippen LogP contribution >= 0.6 is 0 Å². The highest BCUT2D eigenvalue weighted by Gasteiger charge is 2.14. The van der Waals surface area contributed by atoms with Gasteiger partial charge in [0.05, 0.1) is 37.5 Å². The largest absolute Gasteiger partial charge is 0.497 e. The first-order chi connectivity index (χ1) is 12.6. The number of hydrogen-bond acceptors (Lipinski definition) is 5. The number of anilines is 1. The van der Waals surface area contributed by atoms with Crippen LogP contribution in [0, 0.1) is 18.3 Å². The number of hydrogen-bond donors (Lipinski definition) is 1. The molecule has 0 aliphatic carbocycles. The van der Waals surface area contributed by atoms with E-state index in [-0.39, 0.29) is 11.6 Å². The number of carbonyl (C=O) groups excluding carboxylic acids is 1. The highest BCUT2D eigenvalue weighted by molar-refractivity contribution is 6.02. The van der Waals surface area contributed by atoms with E-state index in [0.29, 0.717) is 18.8 Å². The molecule has 0 saturated carbocycles. The third-order valence-electron chi connectivity index (χ3n) is 3.74. The second kappa shape index (κ2) is 7.53. The molecule has 2 aromatic heterocycles. The molecule has 1 amide bonds. The molecule has 0 fully saturated rings. The molecule has 0 bridgehead atoms. The first kappa shape index (κ1) is 17.2. The third-order valence-corrected chi connectivity index (χ3v) is 3.74. The number of ether oxygens (including phenoxy) is 1. The Kier molecular flexibility index (Phi) is 4.99. The fourth-order valence-electron chi connectivity index (χ4n) is 2.48. The van der Waals surface area contributed by atoms with Gasteiger partial charge in [0.1, 0.15) is 11.6 Å². The van der Waals surface area contributed by atoms with Gasteiger partial charge in [-0.25, -0.2) is 9.36 Å². The van der Waals surface area contributed by atoms with E-state index in [1.807, 2.05) is 31.2 Å². The van der Waals surface area contributed by atoms with Gasteiger partial charge in [0.15, 0.2) is 5.69 Å². The van der Waals surface area contributed by atoms with Crippen LogP contribution < -0.4 is 10.1 Å². The van der Waals surface area contributed by atoms with Gasteiger partial charge in [0, 0.05) is 12.3 Å². The van der Waals surface area contributed by atoms with Crippen molar-refractivity contribution in [2.24, 2.45) is 0 Å². The van der Waals surface area contributed by atoms with E-state index in [4.69, 9.17) is 10.00 Å². The van der Waals surface area contributed by atoms with Crippen LogP contribution in [0.15, 0.2) is 42.6 Å². The first-order valence-electron chi connectivity index (χ1n) is 8.03. The summed E-state index contributed by atoms with van der Waals surface area (Å²) in [6, 6.07) is 12.8. The van der Waals surface area contributed by atoms with Crippen LogP contribution in [0.1, 0.15) is 22.6 Å². The van der Waals surface area contributed by atoms with Gasteiger partial charge in [-0.3, -0.25) is 4.79 Å². The molecule has 0 atom stereocenters. The summed E-state index contributed by atoms with van der Waals surface area (Å²) in [7, 11) is 1.61. The first-order valence-corrected chi connectivity index (χ1v) is 8.03. The summed E-state index contributed by atoms with van der Waals surface area (Å²) in [5.41, 5.74) is 1.87. The molecule has 26 heavy (non-hydrogen) atoms. The summed E-state index contributed by atoms with van der Waals surface area (Å²) < 4.78 is 8.36. The lowest BCUT2D eigenvalue weighted by Gasteiger charge is -2.06. The molecule has 3 aromatic rings. The van der Waals surface area contributed by atoms with Crippen molar-refractivity contribution in [3.05, 3.63) is 54.0 Å². The van der Waals surface area contributed by atoms with Crippen LogP contribution in [-0.4, -0.2) is 32.6 Å². The van der Waals surface area contributed by atoms with E-state index in [2.05, 4.69) is 21.6 Å². The molecule has 0 aliphatic rings. The van der Waals surface area contributed by atoms with Gasteiger partial charge in [0.2, 0.25) is 0 Å². The van der Waals surface area contributed by atoms with Crippen LogP contribution in [0.2, 0.25) is 0 Å². The second-order valence-corrected chi connectivity index (χ2v) is 5.60. The summed E-state index contributed by atoms with van der Waals surface area (Å²) in [4.78, 5) is 12.5. The van der Waals surface area contributed by atoms with E-state index < -0.39 is 0 Å². The molecule has 132 valence electrons. The van der Waals surface area contributed by atoms with Crippen molar-refractivity contribution >= 4 is 11.7 Å². The maximum atomic E-state index is 12.5. The molecule has 8 heteroatoms. The average molecular weight is 350 g/mol. The van der Waals surface area contributed by atoms with E-state index >= 15 is 0 Å².